The molecule has 0 saturated carbocycles. The first kappa shape index (κ1) is 17.9. The average molecular weight is 329 g/mol. The summed E-state index contributed by atoms with van der Waals surface area (Å²) in [7, 11) is -0.419. The van der Waals surface area contributed by atoms with Crippen molar-refractivity contribution in [3.05, 3.63) is 24.3 Å². The number of nitrogens with one attached hydrogen (secondary N) is 2. The van der Waals surface area contributed by atoms with Crippen LogP contribution in [0, 0.1) is 5.92 Å². The Labute approximate surface area is 132 Å². The van der Waals surface area contributed by atoms with Crippen LogP contribution in [0.25, 0.3) is 0 Å². The zero-order valence-corrected chi connectivity index (χ0v) is 14.5. The van der Waals surface area contributed by atoms with Crippen LogP contribution in [0.3, 0.4) is 0 Å². The summed E-state index contributed by atoms with van der Waals surface area (Å²) in [4.78, 5) is 0.238. The lowest BCUT2D eigenvalue weighted by Crippen LogP contribution is -2.30. The van der Waals surface area contributed by atoms with E-state index in [0.29, 0.717) is 16.7 Å². The minimum Gasteiger partial charge on any atom is -0.362 e. The molecule has 118 valence electrons. The molecule has 0 atom stereocenters. The van der Waals surface area contributed by atoms with Crippen molar-refractivity contribution in [2.24, 2.45) is 5.92 Å². The van der Waals surface area contributed by atoms with Crippen molar-refractivity contribution < 1.29 is 8.42 Å². The van der Waals surface area contributed by atoms with E-state index in [4.69, 9.17) is 12.2 Å². The smallest absolute Gasteiger partial charge is 0.242 e. The summed E-state index contributed by atoms with van der Waals surface area (Å²) in [5, 5.41) is 6.60. The third-order valence-electron chi connectivity index (χ3n) is 2.88. The van der Waals surface area contributed by atoms with Crippen LogP contribution >= 0.6 is 12.2 Å². The van der Waals surface area contributed by atoms with E-state index in [1.165, 1.54) is 18.4 Å². The van der Waals surface area contributed by atoms with Crippen molar-refractivity contribution in [2.75, 3.05) is 26.0 Å². The van der Waals surface area contributed by atoms with Gasteiger partial charge in [-0.3, -0.25) is 0 Å². The van der Waals surface area contributed by atoms with E-state index in [-0.39, 0.29) is 4.90 Å². The van der Waals surface area contributed by atoms with Gasteiger partial charge in [-0.25, -0.2) is 12.7 Å². The summed E-state index contributed by atoms with van der Waals surface area (Å²) < 4.78 is 25.3. The highest BCUT2D eigenvalue weighted by Gasteiger charge is 2.17. The predicted molar refractivity (Wildman–Crippen MR) is 91.0 cm³/mol. The zero-order valence-electron chi connectivity index (χ0n) is 12.9. The van der Waals surface area contributed by atoms with Gasteiger partial charge in [0.1, 0.15) is 0 Å². The molecule has 7 heteroatoms. The van der Waals surface area contributed by atoms with E-state index >= 15 is 0 Å². The van der Waals surface area contributed by atoms with Crippen LogP contribution in [0.2, 0.25) is 0 Å². The molecule has 1 aromatic carbocycles. The number of anilines is 1. The Morgan fingerprint density at radius 2 is 2.00 bits per heavy atom. The van der Waals surface area contributed by atoms with Crippen molar-refractivity contribution >= 4 is 33.0 Å². The summed E-state index contributed by atoms with van der Waals surface area (Å²) in [6, 6.07) is 6.61. The molecule has 0 aliphatic carbocycles. The second kappa shape index (κ2) is 7.72. The Hall–Kier alpha value is -1.18. The van der Waals surface area contributed by atoms with Crippen molar-refractivity contribution in [3.8, 4) is 0 Å². The van der Waals surface area contributed by atoms with Crippen molar-refractivity contribution in [1.82, 2.24) is 9.62 Å². The van der Waals surface area contributed by atoms with Gasteiger partial charge in [0.15, 0.2) is 5.11 Å². The molecule has 21 heavy (non-hydrogen) atoms. The average Bonchev–Trinajstić information content (AvgIpc) is 2.38. The fourth-order valence-corrected chi connectivity index (χ4v) is 2.76. The number of nitrogens with zero attached hydrogens (tertiary/aromatic N) is 1. The molecule has 0 unspecified atom stereocenters. The van der Waals surface area contributed by atoms with Crippen molar-refractivity contribution in [1.29, 1.82) is 0 Å². The van der Waals surface area contributed by atoms with E-state index in [9.17, 15) is 8.42 Å². The molecule has 0 aromatic heterocycles. The molecular formula is C14H23N3O2S2. The maximum absolute atomic E-state index is 12.1. The first-order valence-electron chi connectivity index (χ1n) is 6.81. The van der Waals surface area contributed by atoms with Gasteiger partial charge >= 0.3 is 0 Å². The highest BCUT2D eigenvalue weighted by Crippen LogP contribution is 2.17. The van der Waals surface area contributed by atoms with Crippen LogP contribution in [0.1, 0.15) is 20.3 Å². The normalized spacial score (nSPS) is 11.7. The summed E-state index contributed by atoms with van der Waals surface area (Å²) in [6.45, 7) is 5.08. The number of benzene rings is 1. The minimum absolute atomic E-state index is 0.238. The molecule has 1 aromatic rings. The third kappa shape index (κ3) is 5.61. The lowest BCUT2D eigenvalue weighted by atomic mass is 10.1. The van der Waals surface area contributed by atoms with Gasteiger partial charge in [0.2, 0.25) is 10.0 Å². The summed E-state index contributed by atoms with van der Waals surface area (Å²) in [6.07, 6.45) is 1.02. The van der Waals surface area contributed by atoms with E-state index in [0.717, 1.165) is 13.0 Å². The Balaban J connectivity index is 2.71. The maximum atomic E-state index is 12.1. The monoisotopic (exact) mass is 329 g/mol. The van der Waals surface area contributed by atoms with Gasteiger partial charge in [-0.15, -0.1) is 0 Å². The Kier molecular flexibility index (Phi) is 6.57. The van der Waals surface area contributed by atoms with Gasteiger partial charge in [-0.1, -0.05) is 19.9 Å². The number of hydrogen-bond acceptors (Lipinski definition) is 3. The molecule has 1 rings (SSSR count). The number of thiocarbonyl (C=S) groups is 1. The van der Waals surface area contributed by atoms with Gasteiger partial charge in [0.05, 0.1) is 4.90 Å². The molecule has 5 nitrogen and oxygen atoms in total. The van der Waals surface area contributed by atoms with E-state index in [1.54, 1.807) is 24.3 Å². The second-order valence-electron chi connectivity index (χ2n) is 5.38. The van der Waals surface area contributed by atoms with Crippen molar-refractivity contribution in [2.45, 2.75) is 25.2 Å². The highest BCUT2D eigenvalue weighted by atomic mass is 32.2. The second-order valence-corrected chi connectivity index (χ2v) is 7.94. The van der Waals surface area contributed by atoms with Crippen LogP contribution in [0.15, 0.2) is 29.2 Å². The maximum Gasteiger partial charge on any atom is 0.242 e. The molecule has 2 N–H and O–H groups in total. The number of rotatable bonds is 6. The van der Waals surface area contributed by atoms with Crippen LogP contribution in [-0.2, 0) is 10.0 Å². The summed E-state index contributed by atoms with van der Waals surface area (Å²) >= 11 is 5.19. The predicted octanol–water partition coefficient (Wildman–Crippen LogP) is 2.27. The quantitative estimate of drug-likeness (QED) is 0.784. The van der Waals surface area contributed by atoms with Gasteiger partial charge in [0, 0.05) is 26.3 Å². The van der Waals surface area contributed by atoms with Crippen LogP contribution < -0.4 is 10.6 Å². The molecule has 0 aliphatic rings. The Morgan fingerprint density at radius 3 is 2.57 bits per heavy atom. The van der Waals surface area contributed by atoms with Crippen LogP contribution in [-0.4, -0.2) is 38.5 Å². The largest absolute Gasteiger partial charge is 0.362 e. The molecule has 0 aliphatic heterocycles. The van der Waals surface area contributed by atoms with E-state index < -0.39 is 10.0 Å². The SMILES string of the molecule is CC(C)CCNC(=S)Nc1cccc(S(=O)(=O)N(C)C)c1. The molecule has 0 fully saturated rings. The zero-order chi connectivity index (χ0) is 16.0. The topological polar surface area (TPSA) is 61.4 Å². The first-order chi connectivity index (χ1) is 9.73. The van der Waals surface area contributed by atoms with Crippen LogP contribution in [0.5, 0.6) is 0 Å². The minimum atomic E-state index is -3.43. The fourth-order valence-electron chi connectivity index (χ4n) is 1.59. The van der Waals surface area contributed by atoms with Gasteiger partial charge < -0.3 is 10.6 Å². The summed E-state index contributed by atoms with van der Waals surface area (Å²) in [5.74, 6) is 0.605. The molecule has 0 spiro atoms. The fraction of sp³-hybridized carbons (Fsp3) is 0.500. The Morgan fingerprint density at radius 1 is 1.33 bits per heavy atom. The van der Waals surface area contributed by atoms with Crippen molar-refractivity contribution in [3.63, 3.8) is 0 Å². The van der Waals surface area contributed by atoms with E-state index in [1.807, 2.05) is 0 Å². The first-order valence-corrected chi connectivity index (χ1v) is 8.65. The highest BCUT2D eigenvalue weighted by molar-refractivity contribution is 7.89. The van der Waals surface area contributed by atoms with Gasteiger partial charge in [-0.05, 0) is 42.8 Å². The standard InChI is InChI=1S/C14H23N3O2S2/c1-11(2)8-9-15-14(20)16-12-6-5-7-13(10-12)21(18,19)17(3)4/h5-7,10-11H,8-9H2,1-4H3,(H2,15,16,20). The molecule has 0 bridgehead atoms. The van der Waals surface area contributed by atoms with Gasteiger partial charge in [0.25, 0.3) is 0 Å². The van der Waals surface area contributed by atoms with Gasteiger partial charge in [-0.2, -0.15) is 0 Å². The molecule has 0 radical (unpaired) electrons. The van der Waals surface area contributed by atoms with E-state index in [2.05, 4.69) is 24.5 Å². The lowest BCUT2D eigenvalue weighted by molar-refractivity contribution is 0.521. The molecule has 0 amide bonds. The number of hydrogen-bond donors (Lipinski definition) is 2. The van der Waals surface area contributed by atoms with Crippen LogP contribution in [0.4, 0.5) is 5.69 Å². The number of sulfonamides is 1. The molecule has 0 heterocycles. The molecule has 0 saturated heterocycles. The lowest BCUT2D eigenvalue weighted by Gasteiger charge is -2.14. The molecular weight excluding hydrogens is 306 g/mol. The summed E-state index contributed by atoms with van der Waals surface area (Å²) in [5.41, 5.74) is 0.653. The third-order valence-corrected chi connectivity index (χ3v) is 4.94. The Bertz CT molecular complexity index is 584.